The van der Waals surface area contributed by atoms with Crippen molar-refractivity contribution >= 4 is 15.7 Å². The third-order valence-corrected chi connectivity index (χ3v) is 3.39. The number of aliphatic imine (C=N–C) groups is 1. The average Bonchev–Trinajstić information content (AvgIpc) is 2.34. The van der Waals surface area contributed by atoms with Crippen LogP contribution in [0.5, 0.6) is 0 Å². The van der Waals surface area contributed by atoms with Gasteiger partial charge in [-0.05, 0) is 24.3 Å². The molecule has 0 aliphatic rings. The van der Waals surface area contributed by atoms with Crippen molar-refractivity contribution in [2.45, 2.75) is 4.90 Å². The predicted molar refractivity (Wildman–Crippen MR) is 70.2 cm³/mol. The Labute approximate surface area is 107 Å². The molecule has 18 heavy (non-hydrogen) atoms. The van der Waals surface area contributed by atoms with Gasteiger partial charge >= 0.3 is 0 Å². The molecule has 0 saturated carbocycles. The van der Waals surface area contributed by atoms with Crippen molar-refractivity contribution in [3.63, 3.8) is 0 Å². The second kappa shape index (κ2) is 6.48. The summed E-state index contributed by atoms with van der Waals surface area (Å²) in [6.07, 6.45) is 1.16. The fourth-order valence-electron chi connectivity index (χ4n) is 1.33. The first kappa shape index (κ1) is 14.6. The van der Waals surface area contributed by atoms with Crippen molar-refractivity contribution in [3.05, 3.63) is 29.8 Å². The van der Waals surface area contributed by atoms with Crippen LogP contribution >= 0.6 is 0 Å². The van der Waals surface area contributed by atoms with Crippen LogP contribution in [0.1, 0.15) is 5.56 Å². The highest BCUT2D eigenvalue weighted by atomic mass is 32.2. The van der Waals surface area contributed by atoms with Gasteiger partial charge < -0.3 is 10.2 Å². The van der Waals surface area contributed by atoms with Crippen molar-refractivity contribution in [2.75, 3.05) is 26.5 Å². The van der Waals surface area contributed by atoms with E-state index in [1.54, 1.807) is 19.2 Å². The maximum Gasteiger partial charge on any atom is 0.175 e. The Morgan fingerprint density at radius 3 is 2.44 bits per heavy atom. The van der Waals surface area contributed by atoms with E-state index < -0.39 is 9.84 Å². The van der Waals surface area contributed by atoms with Gasteiger partial charge in [0.15, 0.2) is 9.84 Å². The first-order chi connectivity index (χ1) is 8.49. The van der Waals surface area contributed by atoms with Gasteiger partial charge in [0.1, 0.15) is 5.84 Å². The fraction of sp³-hybridized carbons (Fsp3) is 0.364. The molecule has 100 valence electrons. The van der Waals surface area contributed by atoms with Crippen molar-refractivity contribution in [1.29, 1.82) is 0 Å². The van der Waals surface area contributed by atoms with E-state index in [-0.39, 0.29) is 4.90 Å². The van der Waals surface area contributed by atoms with Gasteiger partial charge in [-0.1, -0.05) is 0 Å². The van der Waals surface area contributed by atoms with Gasteiger partial charge in [-0.25, -0.2) is 14.3 Å². The van der Waals surface area contributed by atoms with Gasteiger partial charge in [0.25, 0.3) is 0 Å². The van der Waals surface area contributed by atoms with Crippen molar-refractivity contribution < 1.29 is 13.2 Å². The van der Waals surface area contributed by atoms with Crippen LogP contribution in [-0.2, 0) is 14.6 Å². The molecule has 0 aliphatic heterocycles. The number of hydrogen-bond acceptors (Lipinski definition) is 5. The molecule has 1 aromatic carbocycles. The smallest absolute Gasteiger partial charge is 0.175 e. The quantitative estimate of drug-likeness (QED) is 0.257. The van der Waals surface area contributed by atoms with Crippen LogP contribution in [-0.4, -0.2) is 40.8 Å². The number of nitrogens with two attached hydrogens (primary N) is 1. The molecule has 6 nitrogen and oxygen atoms in total. The number of methoxy groups -OCH3 is 1. The SMILES string of the molecule is COCCN=C(NN)c1ccc(S(C)(=O)=O)cc1. The highest BCUT2D eigenvalue weighted by Crippen LogP contribution is 2.10. The van der Waals surface area contributed by atoms with Crippen molar-refractivity contribution in [1.82, 2.24) is 5.43 Å². The molecule has 0 aliphatic carbocycles. The largest absolute Gasteiger partial charge is 0.383 e. The van der Waals surface area contributed by atoms with Gasteiger partial charge in [0.05, 0.1) is 18.0 Å². The number of hydrazine groups is 1. The van der Waals surface area contributed by atoms with Crippen molar-refractivity contribution in [2.24, 2.45) is 10.8 Å². The molecule has 0 heterocycles. The van der Waals surface area contributed by atoms with Crippen LogP contribution in [0.25, 0.3) is 0 Å². The number of hydrogen-bond donors (Lipinski definition) is 2. The van der Waals surface area contributed by atoms with E-state index in [0.717, 1.165) is 11.8 Å². The van der Waals surface area contributed by atoms with E-state index in [2.05, 4.69) is 10.4 Å². The number of nitrogens with one attached hydrogen (secondary N) is 1. The van der Waals surface area contributed by atoms with E-state index in [0.29, 0.717) is 19.0 Å². The minimum Gasteiger partial charge on any atom is -0.383 e. The Hall–Kier alpha value is -1.44. The highest BCUT2D eigenvalue weighted by Gasteiger charge is 2.07. The monoisotopic (exact) mass is 271 g/mol. The Kier molecular flexibility index (Phi) is 5.26. The van der Waals surface area contributed by atoms with Crippen LogP contribution in [0, 0.1) is 0 Å². The molecule has 0 bridgehead atoms. The van der Waals surface area contributed by atoms with Gasteiger partial charge in [0, 0.05) is 18.9 Å². The number of rotatable bonds is 5. The van der Waals surface area contributed by atoms with Crippen molar-refractivity contribution in [3.8, 4) is 0 Å². The zero-order chi connectivity index (χ0) is 13.6. The molecule has 0 amide bonds. The molecule has 0 atom stereocenters. The highest BCUT2D eigenvalue weighted by molar-refractivity contribution is 7.90. The number of benzene rings is 1. The molecule has 3 N–H and O–H groups in total. The number of ether oxygens (including phenoxy) is 1. The maximum atomic E-state index is 11.3. The molecular weight excluding hydrogens is 254 g/mol. The zero-order valence-corrected chi connectivity index (χ0v) is 11.2. The fourth-order valence-corrected chi connectivity index (χ4v) is 1.96. The van der Waals surface area contributed by atoms with E-state index in [4.69, 9.17) is 10.6 Å². The summed E-state index contributed by atoms with van der Waals surface area (Å²) >= 11 is 0. The summed E-state index contributed by atoms with van der Waals surface area (Å²) < 4.78 is 27.5. The van der Waals surface area contributed by atoms with Crippen LogP contribution in [0.3, 0.4) is 0 Å². The molecule has 0 fully saturated rings. The second-order valence-electron chi connectivity index (χ2n) is 3.66. The van der Waals surface area contributed by atoms with E-state index >= 15 is 0 Å². The summed E-state index contributed by atoms with van der Waals surface area (Å²) in [4.78, 5) is 4.46. The molecule has 0 aromatic heterocycles. The first-order valence-corrected chi connectivity index (χ1v) is 7.18. The topological polar surface area (TPSA) is 93.8 Å². The van der Waals surface area contributed by atoms with Gasteiger partial charge in [-0.2, -0.15) is 0 Å². The lowest BCUT2D eigenvalue weighted by Gasteiger charge is -2.06. The summed E-state index contributed by atoms with van der Waals surface area (Å²) in [5.74, 6) is 5.86. The normalized spacial score (nSPS) is 12.5. The number of amidine groups is 1. The molecule has 7 heteroatoms. The third kappa shape index (κ3) is 4.10. The summed E-state index contributed by atoms with van der Waals surface area (Å²) in [5, 5.41) is 0. The Morgan fingerprint density at radius 1 is 1.39 bits per heavy atom. The molecule has 0 saturated heterocycles. The van der Waals surface area contributed by atoms with E-state index in [9.17, 15) is 8.42 Å². The average molecular weight is 271 g/mol. The molecule has 0 unspecified atom stereocenters. The second-order valence-corrected chi connectivity index (χ2v) is 5.68. The van der Waals surface area contributed by atoms with Crippen LogP contribution in [0.15, 0.2) is 34.2 Å². The predicted octanol–water partition coefficient (Wildman–Crippen LogP) is -0.0536. The van der Waals surface area contributed by atoms with Gasteiger partial charge in [-0.3, -0.25) is 4.99 Å². The summed E-state index contributed by atoms with van der Waals surface area (Å²) in [5.41, 5.74) is 3.20. The Balaban J connectivity index is 2.92. The Bertz CT molecular complexity index is 509. The van der Waals surface area contributed by atoms with Crippen LogP contribution in [0.4, 0.5) is 0 Å². The standard InChI is InChI=1S/C11H17N3O3S/c1-17-8-7-13-11(14-12)9-3-5-10(6-4-9)18(2,15)16/h3-6H,7-8,12H2,1-2H3,(H,13,14). The van der Waals surface area contributed by atoms with Crippen LogP contribution in [0.2, 0.25) is 0 Å². The molecule has 0 radical (unpaired) electrons. The lowest BCUT2D eigenvalue weighted by Crippen LogP contribution is -2.31. The molecule has 1 rings (SSSR count). The lowest BCUT2D eigenvalue weighted by atomic mass is 10.2. The molecule has 0 spiro atoms. The summed E-state index contributed by atoms with van der Waals surface area (Å²) in [6.45, 7) is 0.969. The van der Waals surface area contributed by atoms with Crippen LogP contribution < -0.4 is 11.3 Å². The minimum atomic E-state index is -3.18. The van der Waals surface area contributed by atoms with Gasteiger partial charge in [-0.15, -0.1) is 0 Å². The summed E-state index contributed by atoms with van der Waals surface area (Å²) in [6, 6.07) is 6.35. The lowest BCUT2D eigenvalue weighted by molar-refractivity contribution is 0.208. The third-order valence-electron chi connectivity index (χ3n) is 2.26. The number of nitrogens with zero attached hydrogens (tertiary/aromatic N) is 1. The van der Waals surface area contributed by atoms with E-state index in [1.165, 1.54) is 12.1 Å². The summed E-state index contributed by atoms with van der Waals surface area (Å²) in [7, 11) is -1.60. The Morgan fingerprint density at radius 2 is 2.00 bits per heavy atom. The first-order valence-electron chi connectivity index (χ1n) is 5.29. The zero-order valence-electron chi connectivity index (χ0n) is 10.4. The molecule has 1 aromatic rings. The minimum absolute atomic E-state index is 0.263. The number of sulfone groups is 1. The maximum absolute atomic E-state index is 11.3. The van der Waals surface area contributed by atoms with Gasteiger partial charge in [0.2, 0.25) is 0 Å². The molecular formula is C11H17N3O3S. The van der Waals surface area contributed by atoms with E-state index in [1.807, 2.05) is 0 Å².